The highest BCUT2D eigenvalue weighted by atomic mass is 32.1. The van der Waals surface area contributed by atoms with E-state index in [1.807, 2.05) is 6.92 Å². The molecule has 2 aliphatic rings. The number of ether oxygens (including phenoxy) is 1. The monoisotopic (exact) mass is 402 g/mol. The summed E-state index contributed by atoms with van der Waals surface area (Å²) in [4.78, 5) is 26.4. The topological polar surface area (TPSA) is 99.2 Å². The van der Waals surface area contributed by atoms with Crippen LogP contribution >= 0.6 is 11.3 Å². The van der Waals surface area contributed by atoms with Crippen LogP contribution in [0.25, 0.3) is 10.7 Å². The van der Waals surface area contributed by atoms with Gasteiger partial charge in [-0.2, -0.15) is 0 Å². The molecule has 0 bridgehead atoms. The Morgan fingerprint density at radius 2 is 2.25 bits per heavy atom. The van der Waals surface area contributed by atoms with Crippen molar-refractivity contribution < 1.29 is 14.1 Å². The normalized spacial score (nSPS) is 20.8. The Hall–Kier alpha value is -2.92. The molecule has 5 heterocycles. The van der Waals surface area contributed by atoms with Gasteiger partial charge in [-0.15, -0.1) is 11.3 Å². The molecular formula is C17H15FN6O3S. The molecule has 0 fully saturated rings. The summed E-state index contributed by atoms with van der Waals surface area (Å²) in [5.41, 5.74) is 1.17. The number of hydrogen-bond acceptors (Lipinski definition) is 8. The number of pyridine rings is 1. The molecule has 0 radical (unpaired) electrons. The van der Waals surface area contributed by atoms with Gasteiger partial charge in [0, 0.05) is 29.5 Å². The van der Waals surface area contributed by atoms with Crippen LogP contribution in [0, 0.1) is 15.9 Å². The minimum absolute atomic E-state index is 0.202. The number of nitro groups is 1. The predicted molar refractivity (Wildman–Crippen MR) is 97.3 cm³/mol. The van der Waals surface area contributed by atoms with Crippen LogP contribution in [0.3, 0.4) is 0 Å². The van der Waals surface area contributed by atoms with Crippen molar-refractivity contribution in [3.05, 3.63) is 51.0 Å². The Morgan fingerprint density at radius 1 is 1.39 bits per heavy atom. The second kappa shape index (κ2) is 6.04. The van der Waals surface area contributed by atoms with Gasteiger partial charge in [0.25, 0.3) is 0 Å². The molecular weight excluding hydrogens is 387 g/mol. The summed E-state index contributed by atoms with van der Waals surface area (Å²) in [5.74, 6) is -0.569. The Labute approximate surface area is 162 Å². The minimum Gasteiger partial charge on any atom is -0.436 e. The molecule has 9 nitrogen and oxygen atoms in total. The molecule has 0 aromatic carbocycles. The molecule has 3 aromatic rings. The van der Waals surface area contributed by atoms with Gasteiger partial charge in [-0.25, -0.2) is 9.37 Å². The molecule has 144 valence electrons. The lowest BCUT2D eigenvalue weighted by Gasteiger charge is -2.27. The van der Waals surface area contributed by atoms with Gasteiger partial charge < -0.3 is 14.9 Å². The highest BCUT2D eigenvalue weighted by Gasteiger charge is 2.42. The van der Waals surface area contributed by atoms with E-state index in [1.165, 1.54) is 18.5 Å². The van der Waals surface area contributed by atoms with Crippen LogP contribution in [0.5, 0.6) is 6.01 Å². The lowest BCUT2D eigenvalue weighted by atomic mass is 10.1. The first-order valence-electron chi connectivity index (χ1n) is 8.62. The summed E-state index contributed by atoms with van der Waals surface area (Å²) >= 11 is 1.56. The van der Waals surface area contributed by atoms with E-state index >= 15 is 0 Å². The average molecular weight is 402 g/mol. The van der Waals surface area contributed by atoms with Crippen molar-refractivity contribution in [1.82, 2.24) is 24.4 Å². The second-order valence-electron chi connectivity index (χ2n) is 7.21. The van der Waals surface area contributed by atoms with Gasteiger partial charge >= 0.3 is 11.8 Å². The molecule has 0 saturated heterocycles. The first-order chi connectivity index (χ1) is 13.4. The number of nitrogens with zero attached hydrogens (tertiary/aromatic N) is 6. The van der Waals surface area contributed by atoms with Crippen molar-refractivity contribution in [3.8, 4) is 16.7 Å². The largest absolute Gasteiger partial charge is 0.436 e. The van der Waals surface area contributed by atoms with Crippen LogP contribution in [0.4, 0.5) is 10.2 Å². The average Bonchev–Trinajstić information content (AvgIpc) is 3.33. The summed E-state index contributed by atoms with van der Waals surface area (Å²) < 4.78 is 20.6. The van der Waals surface area contributed by atoms with Crippen LogP contribution in [-0.2, 0) is 19.6 Å². The van der Waals surface area contributed by atoms with Gasteiger partial charge in [0.05, 0.1) is 24.1 Å². The first-order valence-corrected chi connectivity index (χ1v) is 9.44. The Morgan fingerprint density at radius 3 is 2.93 bits per heavy atom. The molecule has 0 N–H and O–H groups in total. The van der Waals surface area contributed by atoms with Crippen LogP contribution in [-0.4, -0.2) is 41.5 Å². The van der Waals surface area contributed by atoms with E-state index in [1.54, 1.807) is 22.0 Å². The van der Waals surface area contributed by atoms with Crippen LogP contribution < -0.4 is 4.74 Å². The zero-order chi connectivity index (χ0) is 19.5. The van der Waals surface area contributed by atoms with Crippen molar-refractivity contribution in [2.45, 2.75) is 32.2 Å². The second-order valence-corrected chi connectivity index (χ2v) is 8.30. The van der Waals surface area contributed by atoms with E-state index in [2.05, 4.69) is 19.9 Å². The van der Waals surface area contributed by atoms with Crippen LogP contribution in [0.1, 0.15) is 17.5 Å². The maximum absolute atomic E-state index is 13.0. The molecule has 1 atom stereocenters. The third-order valence-electron chi connectivity index (χ3n) is 4.78. The quantitative estimate of drug-likeness (QED) is 0.488. The molecule has 28 heavy (non-hydrogen) atoms. The van der Waals surface area contributed by atoms with Crippen molar-refractivity contribution >= 4 is 17.2 Å². The number of halogens is 1. The van der Waals surface area contributed by atoms with Crippen molar-refractivity contribution in [2.75, 3.05) is 6.54 Å². The number of rotatable bonds is 4. The Bertz CT molecular complexity index is 1030. The summed E-state index contributed by atoms with van der Waals surface area (Å²) in [6, 6.07) is 3.30. The molecule has 1 unspecified atom stereocenters. The molecule has 0 aliphatic carbocycles. The summed E-state index contributed by atoms with van der Waals surface area (Å²) in [6.45, 7) is 4.56. The number of imidazole rings is 1. The van der Waals surface area contributed by atoms with E-state index in [0.717, 1.165) is 22.1 Å². The molecule has 0 saturated carbocycles. The maximum atomic E-state index is 13.0. The van der Waals surface area contributed by atoms with Gasteiger partial charge in [-0.1, -0.05) is 0 Å². The maximum Gasteiger partial charge on any atom is 0.415 e. The van der Waals surface area contributed by atoms with E-state index < -0.39 is 10.5 Å². The molecule has 2 aliphatic heterocycles. The van der Waals surface area contributed by atoms with Gasteiger partial charge in [-0.3, -0.25) is 14.5 Å². The lowest BCUT2D eigenvalue weighted by Crippen LogP contribution is -2.43. The van der Waals surface area contributed by atoms with Crippen molar-refractivity contribution in [2.24, 2.45) is 0 Å². The van der Waals surface area contributed by atoms with Gasteiger partial charge in [0.2, 0.25) is 0 Å². The highest BCUT2D eigenvalue weighted by molar-refractivity contribution is 7.15. The molecule has 3 aromatic heterocycles. The number of fused-ring (bicyclic) bond motifs is 2. The van der Waals surface area contributed by atoms with Crippen LogP contribution in [0.2, 0.25) is 0 Å². The van der Waals surface area contributed by atoms with Crippen molar-refractivity contribution in [3.63, 3.8) is 0 Å². The summed E-state index contributed by atoms with van der Waals surface area (Å²) in [7, 11) is 0. The summed E-state index contributed by atoms with van der Waals surface area (Å²) in [6.07, 6.45) is 2.60. The van der Waals surface area contributed by atoms with E-state index in [-0.39, 0.29) is 17.6 Å². The number of thiazole rings is 1. The molecule has 0 spiro atoms. The van der Waals surface area contributed by atoms with Gasteiger partial charge in [-0.05, 0) is 24.0 Å². The Kier molecular flexibility index (Phi) is 3.71. The third kappa shape index (κ3) is 2.92. The smallest absolute Gasteiger partial charge is 0.415 e. The fourth-order valence-electron chi connectivity index (χ4n) is 3.66. The fourth-order valence-corrected chi connectivity index (χ4v) is 4.75. The van der Waals surface area contributed by atoms with E-state index in [4.69, 9.17) is 4.74 Å². The fraction of sp³-hybridized carbons (Fsp3) is 0.353. The van der Waals surface area contributed by atoms with Gasteiger partial charge in [0.15, 0.2) is 0 Å². The zero-order valence-corrected chi connectivity index (χ0v) is 15.6. The van der Waals surface area contributed by atoms with Crippen LogP contribution in [0.15, 0.2) is 24.5 Å². The summed E-state index contributed by atoms with van der Waals surface area (Å²) in [5, 5.41) is 11.6. The Balaban J connectivity index is 1.26. The van der Waals surface area contributed by atoms with E-state index in [9.17, 15) is 14.5 Å². The van der Waals surface area contributed by atoms with Gasteiger partial charge in [0.1, 0.15) is 22.6 Å². The lowest BCUT2D eigenvalue weighted by molar-refractivity contribution is -0.389. The van der Waals surface area contributed by atoms with Crippen molar-refractivity contribution in [1.29, 1.82) is 0 Å². The first kappa shape index (κ1) is 17.2. The standard InChI is InChI=1S/C17H15FN6O3S/c1-17(9-23-7-14(24(25)26)21-16(23)27-17)8-22-5-12-13(6-22)28-15(20-12)11-3-2-10(18)4-19-11/h2-4,7H,5-6,8-9H2,1H3. The number of hydrogen-bond donors (Lipinski definition) is 0. The number of aromatic nitrogens is 4. The SMILES string of the molecule is CC1(CN2Cc3nc(-c4ccc(F)cn4)sc3C2)Cn2cc([N+](=O)[O-])nc2O1. The third-order valence-corrected chi connectivity index (χ3v) is 5.89. The molecule has 5 rings (SSSR count). The minimum atomic E-state index is -0.524. The zero-order valence-electron chi connectivity index (χ0n) is 14.8. The predicted octanol–water partition coefficient (Wildman–Crippen LogP) is 2.62. The molecule has 0 amide bonds. The highest BCUT2D eigenvalue weighted by Crippen LogP contribution is 2.36. The molecule has 11 heteroatoms. The van der Waals surface area contributed by atoms with E-state index in [0.29, 0.717) is 25.3 Å².